The Morgan fingerprint density at radius 1 is 1.71 bits per heavy atom. The Bertz CT molecular complexity index is 37.1. The molecule has 0 amide bonds. The van der Waals surface area contributed by atoms with Crippen molar-refractivity contribution in [1.29, 1.82) is 0 Å². The van der Waals surface area contributed by atoms with Crippen LogP contribution in [0.15, 0.2) is 12.7 Å². The summed E-state index contributed by atoms with van der Waals surface area (Å²) >= 11 is 0. The fourth-order valence-corrected chi connectivity index (χ4v) is 0.220. The molecule has 0 aromatic rings. The van der Waals surface area contributed by atoms with E-state index in [1.54, 1.807) is 0 Å². The molecular formula is C5H10NRb. The average Bonchev–Trinajstić information content (AvgIpc) is 1.61. The van der Waals surface area contributed by atoms with Gasteiger partial charge in [0.2, 0.25) is 0 Å². The van der Waals surface area contributed by atoms with Gasteiger partial charge in [-0.25, -0.2) is 0 Å². The maximum Gasteiger partial charge on any atom is 1.00 e. The molecule has 0 fully saturated rings. The normalized spacial score (nSPS) is 7.00. The van der Waals surface area contributed by atoms with Crippen LogP contribution in [-0.2, 0) is 0 Å². The van der Waals surface area contributed by atoms with Crippen LogP contribution in [0.2, 0.25) is 0 Å². The van der Waals surface area contributed by atoms with E-state index in [0.29, 0.717) is 0 Å². The van der Waals surface area contributed by atoms with E-state index in [9.17, 15) is 0 Å². The average molecular weight is 170 g/mol. The van der Waals surface area contributed by atoms with Crippen molar-refractivity contribution in [3.05, 3.63) is 18.0 Å². The van der Waals surface area contributed by atoms with Gasteiger partial charge in [0.15, 0.2) is 0 Å². The second-order valence-electron chi connectivity index (χ2n) is 1.12. The summed E-state index contributed by atoms with van der Waals surface area (Å²) in [5.41, 5.74) is 0. The second-order valence-corrected chi connectivity index (χ2v) is 1.12. The molecule has 0 atom stereocenters. The van der Waals surface area contributed by atoms with Crippen LogP contribution >= 0.6 is 0 Å². The van der Waals surface area contributed by atoms with Crippen molar-refractivity contribution in [2.45, 2.75) is 6.42 Å². The first-order valence-electron chi connectivity index (χ1n) is 2.08. The van der Waals surface area contributed by atoms with Crippen LogP contribution < -0.4 is 58.2 Å². The van der Waals surface area contributed by atoms with Gasteiger partial charge in [-0.15, -0.1) is 13.1 Å². The molecule has 0 unspecified atom stereocenters. The van der Waals surface area contributed by atoms with E-state index < -0.39 is 0 Å². The summed E-state index contributed by atoms with van der Waals surface area (Å²) in [6.45, 7) is 4.46. The number of hydrogen-bond donors (Lipinski definition) is 0. The third-order valence-electron chi connectivity index (χ3n) is 0.557. The Balaban J connectivity index is 0. The molecule has 0 radical (unpaired) electrons. The SMILES string of the molecule is C=CCC[N-]C.[Rb+]. The summed E-state index contributed by atoms with van der Waals surface area (Å²) in [6, 6.07) is 0. The minimum absolute atomic E-state index is 0. The van der Waals surface area contributed by atoms with Crippen molar-refractivity contribution in [2.24, 2.45) is 0 Å². The summed E-state index contributed by atoms with van der Waals surface area (Å²) in [5, 5.41) is 3.85. The molecule has 0 aromatic carbocycles. The van der Waals surface area contributed by atoms with Crippen LogP contribution in [0.25, 0.3) is 5.32 Å². The van der Waals surface area contributed by atoms with E-state index in [0.717, 1.165) is 13.0 Å². The smallest absolute Gasteiger partial charge is 0.665 e. The third kappa shape index (κ3) is 11.2. The largest absolute Gasteiger partial charge is 1.00 e. The Hall–Kier alpha value is 1.51. The Labute approximate surface area is 94.4 Å². The zero-order chi connectivity index (χ0) is 4.83. The van der Waals surface area contributed by atoms with Crippen molar-refractivity contribution in [2.75, 3.05) is 13.6 Å². The fourth-order valence-electron chi connectivity index (χ4n) is 0.220. The van der Waals surface area contributed by atoms with Crippen molar-refractivity contribution in [3.63, 3.8) is 0 Å². The molecule has 1 nitrogen and oxygen atoms in total. The summed E-state index contributed by atoms with van der Waals surface area (Å²) in [6.07, 6.45) is 2.88. The van der Waals surface area contributed by atoms with Crippen LogP contribution in [0.5, 0.6) is 0 Å². The van der Waals surface area contributed by atoms with E-state index in [-0.39, 0.29) is 58.2 Å². The molecule has 7 heavy (non-hydrogen) atoms. The first-order valence-corrected chi connectivity index (χ1v) is 2.08. The molecule has 0 heterocycles. The van der Waals surface area contributed by atoms with Crippen LogP contribution in [0.3, 0.4) is 0 Å². The zero-order valence-electron chi connectivity index (χ0n) is 5.15. The van der Waals surface area contributed by atoms with E-state index in [4.69, 9.17) is 0 Å². The van der Waals surface area contributed by atoms with E-state index >= 15 is 0 Å². The van der Waals surface area contributed by atoms with Gasteiger partial charge < -0.3 is 5.32 Å². The monoisotopic (exact) mass is 169 g/mol. The molecule has 0 spiro atoms. The van der Waals surface area contributed by atoms with Crippen molar-refractivity contribution in [1.82, 2.24) is 0 Å². The molecule has 36 valence electrons. The quantitative estimate of drug-likeness (QED) is 0.364. The van der Waals surface area contributed by atoms with Gasteiger partial charge in [-0.2, -0.15) is 7.05 Å². The standard InChI is InChI=1S/C5H10N.Rb/c1-3-4-5-6-2;/h3H,1,4-5H2,2H3;/q-1;+1. The van der Waals surface area contributed by atoms with Crippen LogP contribution in [-0.4, -0.2) is 13.6 Å². The van der Waals surface area contributed by atoms with Crippen molar-refractivity contribution in [3.8, 4) is 0 Å². The molecule has 0 aliphatic rings. The van der Waals surface area contributed by atoms with Crippen LogP contribution in [0.1, 0.15) is 6.42 Å². The Morgan fingerprint density at radius 2 is 2.29 bits per heavy atom. The Morgan fingerprint density at radius 3 is 2.43 bits per heavy atom. The second kappa shape index (κ2) is 10.5. The van der Waals surface area contributed by atoms with Gasteiger partial charge in [0.25, 0.3) is 0 Å². The molecule has 0 saturated carbocycles. The molecule has 0 aromatic heterocycles. The molecular weight excluding hydrogens is 160 g/mol. The van der Waals surface area contributed by atoms with E-state index in [1.807, 2.05) is 13.1 Å². The van der Waals surface area contributed by atoms with Crippen molar-refractivity contribution < 1.29 is 58.2 Å². The minimum atomic E-state index is 0. The van der Waals surface area contributed by atoms with Gasteiger partial charge >= 0.3 is 58.2 Å². The molecule has 0 aliphatic heterocycles. The summed E-state index contributed by atoms with van der Waals surface area (Å²) in [7, 11) is 1.81. The summed E-state index contributed by atoms with van der Waals surface area (Å²) < 4.78 is 0. The summed E-state index contributed by atoms with van der Waals surface area (Å²) in [4.78, 5) is 0. The fraction of sp³-hybridized carbons (Fsp3) is 0.600. The number of rotatable bonds is 3. The zero-order valence-corrected chi connectivity index (χ0v) is 10.1. The van der Waals surface area contributed by atoms with Gasteiger partial charge in [0, 0.05) is 0 Å². The maximum absolute atomic E-state index is 3.85. The minimum Gasteiger partial charge on any atom is -0.665 e. The van der Waals surface area contributed by atoms with Gasteiger partial charge in [0.1, 0.15) is 0 Å². The van der Waals surface area contributed by atoms with Gasteiger partial charge in [-0.1, -0.05) is 12.5 Å². The molecule has 0 saturated heterocycles. The topological polar surface area (TPSA) is 14.1 Å². The van der Waals surface area contributed by atoms with E-state index in [1.165, 1.54) is 0 Å². The van der Waals surface area contributed by atoms with Gasteiger partial charge in [-0.05, 0) is 0 Å². The van der Waals surface area contributed by atoms with Crippen molar-refractivity contribution >= 4 is 0 Å². The summed E-state index contributed by atoms with van der Waals surface area (Å²) in [5.74, 6) is 0. The molecule has 0 N–H and O–H groups in total. The predicted octanol–water partition coefficient (Wildman–Crippen LogP) is -1.43. The predicted molar refractivity (Wildman–Crippen MR) is 29.0 cm³/mol. The molecule has 0 rings (SSSR count). The van der Waals surface area contributed by atoms with Gasteiger partial charge in [0.05, 0.1) is 0 Å². The van der Waals surface area contributed by atoms with Crippen LogP contribution in [0, 0.1) is 0 Å². The third-order valence-corrected chi connectivity index (χ3v) is 0.557. The number of hydrogen-bond acceptors (Lipinski definition) is 0. The first-order chi connectivity index (χ1) is 2.91. The molecule has 0 aliphatic carbocycles. The maximum atomic E-state index is 3.85. The van der Waals surface area contributed by atoms with Gasteiger partial charge in [-0.3, -0.25) is 0 Å². The molecule has 0 bridgehead atoms. The Kier molecular flexibility index (Phi) is 16.9. The van der Waals surface area contributed by atoms with Crippen LogP contribution in [0.4, 0.5) is 0 Å². The first kappa shape index (κ1) is 11.3. The molecule has 2 heteroatoms. The van der Waals surface area contributed by atoms with E-state index in [2.05, 4.69) is 11.9 Å². The number of nitrogens with zero attached hydrogens (tertiary/aromatic N) is 1.